The fourth-order valence-corrected chi connectivity index (χ4v) is 3.00. The van der Waals surface area contributed by atoms with Gasteiger partial charge in [0.2, 0.25) is 0 Å². The van der Waals surface area contributed by atoms with Crippen molar-refractivity contribution in [2.75, 3.05) is 18.4 Å². The molecule has 1 aliphatic heterocycles. The predicted octanol–water partition coefficient (Wildman–Crippen LogP) is 2.87. The van der Waals surface area contributed by atoms with E-state index >= 15 is 0 Å². The molecule has 0 unspecified atom stereocenters. The van der Waals surface area contributed by atoms with E-state index in [0.29, 0.717) is 0 Å². The van der Waals surface area contributed by atoms with E-state index in [1.807, 2.05) is 18.2 Å². The van der Waals surface area contributed by atoms with Gasteiger partial charge in [-0.15, -0.1) is 5.10 Å². The highest BCUT2D eigenvalue weighted by atomic mass is 32.1. The minimum absolute atomic E-state index is 0.817. The van der Waals surface area contributed by atoms with Gasteiger partial charge in [0.15, 0.2) is 5.11 Å². The summed E-state index contributed by atoms with van der Waals surface area (Å²) < 4.78 is 5.03. The van der Waals surface area contributed by atoms with Crippen molar-refractivity contribution in [2.45, 2.75) is 19.3 Å². The summed E-state index contributed by atoms with van der Waals surface area (Å²) in [4.78, 5) is 2.24. The summed E-state index contributed by atoms with van der Waals surface area (Å²) in [6.07, 6.45) is 3.78. The van der Waals surface area contributed by atoms with Crippen LogP contribution in [-0.4, -0.2) is 32.7 Å². The van der Waals surface area contributed by atoms with E-state index in [2.05, 4.69) is 19.8 Å². The van der Waals surface area contributed by atoms with Crippen LogP contribution in [0.15, 0.2) is 18.2 Å². The monoisotopic (exact) mass is 278 g/mol. The number of hydrogen-bond acceptors (Lipinski definition) is 4. The molecule has 2 heterocycles. The van der Waals surface area contributed by atoms with Gasteiger partial charge in [0.1, 0.15) is 5.52 Å². The van der Waals surface area contributed by atoms with E-state index in [0.717, 1.165) is 34.1 Å². The Bertz CT molecular complexity index is 560. The highest BCUT2D eigenvalue weighted by Crippen LogP contribution is 2.20. The largest absolute Gasteiger partial charge is 0.349 e. The van der Waals surface area contributed by atoms with Gasteiger partial charge in [-0.1, -0.05) is 4.49 Å². The number of aromatic nitrogens is 2. The van der Waals surface area contributed by atoms with Crippen LogP contribution in [-0.2, 0) is 0 Å². The normalized spacial score (nSPS) is 15.9. The van der Waals surface area contributed by atoms with E-state index in [-0.39, 0.29) is 0 Å². The van der Waals surface area contributed by atoms with Crippen molar-refractivity contribution >= 4 is 44.8 Å². The summed E-state index contributed by atoms with van der Waals surface area (Å²) in [5.41, 5.74) is 1.91. The number of piperidine rings is 1. The molecule has 1 aromatic heterocycles. The molecule has 0 bridgehead atoms. The molecule has 0 saturated carbocycles. The molecule has 0 atom stereocenters. The van der Waals surface area contributed by atoms with Gasteiger partial charge in [0.05, 0.1) is 4.70 Å². The van der Waals surface area contributed by atoms with Crippen molar-refractivity contribution < 1.29 is 0 Å². The molecule has 0 amide bonds. The molecule has 18 heavy (non-hydrogen) atoms. The van der Waals surface area contributed by atoms with Crippen molar-refractivity contribution in [3.05, 3.63) is 18.2 Å². The zero-order valence-electron chi connectivity index (χ0n) is 9.93. The SMILES string of the molecule is S=C(Nc1ccc2snnc2c1)N1CCCCC1. The average molecular weight is 278 g/mol. The first-order chi connectivity index (χ1) is 8.83. The topological polar surface area (TPSA) is 41.1 Å². The van der Waals surface area contributed by atoms with Gasteiger partial charge in [-0.25, -0.2) is 0 Å². The van der Waals surface area contributed by atoms with E-state index in [4.69, 9.17) is 12.2 Å². The van der Waals surface area contributed by atoms with Crippen LogP contribution in [0, 0.1) is 0 Å². The first-order valence-electron chi connectivity index (χ1n) is 6.11. The lowest BCUT2D eigenvalue weighted by molar-refractivity contribution is 0.346. The average Bonchev–Trinajstić information content (AvgIpc) is 2.87. The second-order valence-electron chi connectivity index (χ2n) is 4.43. The van der Waals surface area contributed by atoms with Crippen molar-refractivity contribution in [3.63, 3.8) is 0 Å². The van der Waals surface area contributed by atoms with Crippen LogP contribution in [0.25, 0.3) is 10.2 Å². The van der Waals surface area contributed by atoms with Crippen molar-refractivity contribution in [3.8, 4) is 0 Å². The molecule has 0 aliphatic carbocycles. The Morgan fingerprint density at radius 2 is 2.11 bits per heavy atom. The highest BCUT2D eigenvalue weighted by Gasteiger charge is 2.13. The Balaban J connectivity index is 1.72. The van der Waals surface area contributed by atoms with Crippen molar-refractivity contribution in [2.24, 2.45) is 0 Å². The molecule has 4 nitrogen and oxygen atoms in total. The molecule has 1 N–H and O–H groups in total. The summed E-state index contributed by atoms with van der Waals surface area (Å²) in [5, 5.41) is 8.18. The smallest absolute Gasteiger partial charge is 0.173 e. The number of rotatable bonds is 1. The number of hydrogen-bond donors (Lipinski definition) is 1. The standard InChI is InChI=1S/C12H14N4S2/c17-12(16-6-2-1-3-7-16)13-9-4-5-11-10(8-9)14-15-18-11/h4-5,8H,1-3,6-7H2,(H,13,17). The Morgan fingerprint density at radius 3 is 2.94 bits per heavy atom. The number of nitrogens with zero attached hydrogens (tertiary/aromatic N) is 3. The zero-order valence-corrected chi connectivity index (χ0v) is 11.6. The van der Waals surface area contributed by atoms with Crippen LogP contribution < -0.4 is 5.32 Å². The Labute approximate surface area is 115 Å². The van der Waals surface area contributed by atoms with Crippen LogP contribution in [0.5, 0.6) is 0 Å². The zero-order chi connectivity index (χ0) is 12.4. The van der Waals surface area contributed by atoms with Crippen LogP contribution in [0.2, 0.25) is 0 Å². The molecule has 1 aromatic carbocycles. The van der Waals surface area contributed by atoms with Crippen molar-refractivity contribution in [1.29, 1.82) is 0 Å². The number of anilines is 1. The molecule has 1 saturated heterocycles. The summed E-state index contributed by atoms with van der Waals surface area (Å²) in [5.74, 6) is 0. The van der Waals surface area contributed by atoms with Gasteiger partial charge < -0.3 is 10.2 Å². The first kappa shape index (κ1) is 11.8. The predicted molar refractivity (Wildman–Crippen MR) is 79.1 cm³/mol. The van der Waals surface area contributed by atoms with Crippen LogP contribution in [0.1, 0.15) is 19.3 Å². The van der Waals surface area contributed by atoms with E-state index < -0.39 is 0 Å². The second kappa shape index (κ2) is 5.16. The third-order valence-electron chi connectivity index (χ3n) is 3.14. The van der Waals surface area contributed by atoms with E-state index in [1.54, 1.807) is 0 Å². The van der Waals surface area contributed by atoms with Gasteiger partial charge in [-0.2, -0.15) is 0 Å². The molecule has 2 aromatic rings. The minimum atomic E-state index is 0.817. The fraction of sp³-hybridized carbons (Fsp3) is 0.417. The first-order valence-corrected chi connectivity index (χ1v) is 7.29. The molecule has 1 fully saturated rings. The quantitative estimate of drug-likeness (QED) is 0.812. The molecule has 3 rings (SSSR count). The lowest BCUT2D eigenvalue weighted by Crippen LogP contribution is -2.38. The van der Waals surface area contributed by atoms with Gasteiger partial charge in [-0.3, -0.25) is 0 Å². The van der Waals surface area contributed by atoms with Crippen LogP contribution in [0.3, 0.4) is 0 Å². The van der Waals surface area contributed by atoms with Gasteiger partial charge in [0.25, 0.3) is 0 Å². The molecule has 0 spiro atoms. The second-order valence-corrected chi connectivity index (χ2v) is 5.61. The molecule has 0 radical (unpaired) electrons. The maximum Gasteiger partial charge on any atom is 0.173 e. The molecular formula is C12H14N4S2. The third-order valence-corrected chi connectivity index (χ3v) is 4.21. The number of thiocarbonyl (C=S) groups is 1. The molecule has 94 valence electrons. The molecular weight excluding hydrogens is 264 g/mol. The Hall–Kier alpha value is -1.27. The maximum absolute atomic E-state index is 5.44. The number of nitrogens with one attached hydrogen (secondary N) is 1. The molecule has 6 heteroatoms. The van der Waals surface area contributed by atoms with Gasteiger partial charge in [0, 0.05) is 18.8 Å². The Kier molecular flexibility index (Phi) is 3.38. The minimum Gasteiger partial charge on any atom is -0.349 e. The van der Waals surface area contributed by atoms with Gasteiger partial charge in [-0.05, 0) is 61.2 Å². The number of benzene rings is 1. The van der Waals surface area contributed by atoms with Crippen LogP contribution >= 0.6 is 23.8 Å². The fourth-order valence-electron chi connectivity index (χ4n) is 2.16. The number of fused-ring (bicyclic) bond motifs is 1. The Morgan fingerprint density at radius 1 is 1.28 bits per heavy atom. The number of likely N-dealkylation sites (tertiary alicyclic amines) is 1. The summed E-state index contributed by atoms with van der Waals surface area (Å²) >= 11 is 6.85. The lowest BCUT2D eigenvalue weighted by Gasteiger charge is -2.29. The van der Waals surface area contributed by atoms with Crippen LogP contribution in [0.4, 0.5) is 5.69 Å². The van der Waals surface area contributed by atoms with Gasteiger partial charge >= 0.3 is 0 Å². The van der Waals surface area contributed by atoms with Crippen molar-refractivity contribution in [1.82, 2.24) is 14.5 Å². The lowest BCUT2D eigenvalue weighted by atomic mass is 10.1. The summed E-state index contributed by atoms with van der Waals surface area (Å²) in [6, 6.07) is 6.05. The maximum atomic E-state index is 5.44. The highest BCUT2D eigenvalue weighted by molar-refractivity contribution is 7.80. The third kappa shape index (κ3) is 2.44. The van der Waals surface area contributed by atoms with E-state index in [1.165, 1.54) is 30.8 Å². The molecule has 1 aliphatic rings. The van der Waals surface area contributed by atoms with E-state index in [9.17, 15) is 0 Å². The summed E-state index contributed by atoms with van der Waals surface area (Å²) in [6.45, 7) is 2.12. The summed E-state index contributed by atoms with van der Waals surface area (Å²) in [7, 11) is 0.